The lowest BCUT2D eigenvalue weighted by atomic mass is 9.98. The first-order valence-electron chi connectivity index (χ1n) is 12.7. The summed E-state index contributed by atoms with van der Waals surface area (Å²) in [5.41, 5.74) is 6.54. The fourth-order valence-electron chi connectivity index (χ4n) is 4.37. The number of anilines is 1. The number of amides is 1. The number of methoxy groups -OCH3 is 2. The SMILES string of the molecule is CCc1cccc(C)c1NC(=O)CCSc1nc(-c2ccccc2)cc(-c2cc(OC)ccc2OC)c1C#N. The molecule has 4 rings (SSSR count). The summed E-state index contributed by atoms with van der Waals surface area (Å²) in [6.45, 7) is 4.07. The minimum atomic E-state index is -0.0705. The van der Waals surface area contributed by atoms with Crippen LogP contribution in [0, 0.1) is 18.3 Å². The molecule has 7 heteroatoms. The highest BCUT2D eigenvalue weighted by molar-refractivity contribution is 7.99. The summed E-state index contributed by atoms with van der Waals surface area (Å²) in [6, 6.07) is 25.6. The Hall–Kier alpha value is -4.28. The van der Waals surface area contributed by atoms with Gasteiger partial charge >= 0.3 is 0 Å². The van der Waals surface area contributed by atoms with Crippen LogP contribution in [0.25, 0.3) is 22.4 Å². The van der Waals surface area contributed by atoms with Crippen molar-refractivity contribution in [1.82, 2.24) is 4.98 Å². The van der Waals surface area contributed by atoms with Crippen molar-refractivity contribution in [1.29, 1.82) is 5.26 Å². The second kappa shape index (κ2) is 13.0. The van der Waals surface area contributed by atoms with Crippen molar-refractivity contribution in [2.24, 2.45) is 0 Å². The number of para-hydroxylation sites is 1. The van der Waals surface area contributed by atoms with Gasteiger partial charge in [-0.1, -0.05) is 55.5 Å². The van der Waals surface area contributed by atoms with Gasteiger partial charge in [0.25, 0.3) is 0 Å². The van der Waals surface area contributed by atoms with Crippen molar-refractivity contribution < 1.29 is 14.3 Å². The van der Waals surface area contributed by atoms with Crippen molar-refractivity contribution in [3.63, 3.8) is 0 Å². The van der Waals surface area contributed by atoms with Crippen LogP contribution in [0.1, 0.15) is 30.0 Å². The van der Waals surface area contributed by atoms with Gasteiger partial charge in [-0.05, 0) is 48.7 Å². The van der Waals surface area contributed by atoms with Crippen LogP contribution in [0.15, 0.2) is 77.8 Å². The Labute approximate surface area is 234 Å². The fourth-order valence-corrected chi connectivity index (χ4v) is 5.32. The summed E-state index contributed by atoms with van der Waals surface area (Å²) in [4.78, 5) is 17.7. The second-order valence-corrected chi connectivity index (χ2v) is 9.97. The molecule has 39 heavy (non-hydrogen) atoms. The zero-order chi connectivity index (χ0) is 27.8. The number of nitriles is 1. The molecule has 6 nitrogen and oxygen atoms in total. The van der Waals surface area contributed by atoms with Crippen molar-refractivity contribution in [2.75, 3.05) is 25.3 Å². The number of carbonyl (C=O) groups is 1. The number of thioether (sulfide) groups is 1. The van der Waals surface area contributed by atoms with Gasteiger partial charge in [0.15, 0.2) is 0 Å². The number of aromatic nitrogens is 1. The number of ether oxygens (including phenoxy) is 2. The molecule has 1 heterocycles. The van der Waals surface area contributed by atoms with Crippen molar-refractivity contribution in [3.8, 4) is 40.0 Å². The molecule has 0 atom stereocenters. The van der Waals surface area contributed by atoms with Crippen LogP contribution in [0.2, 0.25) is 0 Å². The number of carbonyl (C=O) groups excluding carboxylic acids is 1. The van der Waals surface area contributed by atoms with Crippen molar-refractivity contribution in [3.05, 3.63) is 89.5 Å². The fraction of sp³-hybridized carbons (Fsp3) is 0.219. The molecule has 0 unspecified atom stereocenters. The first-order valence-corrected chi connectivity index (χ1v) is 13.7. The zero-order valence-corrected chi connectivity index (χ0v) is 23.4. The molecule has 0 saturated carbocycles. The Kier molecular flexibility index (Phi) is 9.24. The highest BCUT2D eigenvalue weighted by atomic mass is 32.2. The van der Waals surface area contributed by atoms with Gasteiger partial charge in [-0.3, -0.25) is 4.79 Å². The molecule has 0 fully saturated rings. The van der Waals surface area contributed by atoms with Crippen LogP contribution >= 0.6 is 11.8 Å². The molecule has 0 aliphatic carbocycles. The lowest BCUT2D eigenvalue weighted by molar-refractivity contribution is -0.115. The topological polar surface area (TPSA) is 84.2 Å². The number of pyridine rings is 1. The molecule has 0 saturated heterocycles. The van der Waals surface area contributed by atoms with Crippen LogP contribution in [-0.4, -0.2) is 30.9 Å². The van der Waals surface area contributed by atoms with E-state index in [1.54, 1.807) is 14.2 Å². The molecule has 1 aromatic heterocycles. The summed E-state index contributed by atoms with van der Waals surface area (Å²) < 4.78 is 11.1. The Balaban J connectivity index is 1.67. The van der Waals surface area contributed by atoms with Gasteiger partial charge in [0.2, 0.25) is 5.91 Å². The number of hydrogen-bond acceptors (Lipinski definition) is 6. The minimum absolute atomic E-state index is 0.0705. The van der Waals surface area contributed by atoms with Gasteiger partial charge in [0.05, 0.1) is 25.5 Å². The molecule has 0 radical (unpaired) electrons. The van der Waals surface area contributed by atoms with Crippen LogP contribution < -0.4 is 14.8 Å². The molecule has 0 bridgehead atoms. The first kappa shape index (κ1) is 27.7. The van der Waals surface area contributed by atoms with E-state index < -0.39 is 0 Å². The minimum Gasteiger partial charge on any atom is -0.497 e. The van der Waals surface area contributed by atoms with Crippen LogP contribution in [0.4, 0.5) is 5.69 Å². The van der Waals surface area contributed by atoms with Crippen LogP contribution in [-0.2, 0) is 11.2 Å². The van der Waals surface area contributed by atoms with E-state index in [0.717, 1.165) is 40.1 Å². The third-order valence-corrected chi connectivity index (χ3v) is 7.41. The van der Waals surface area contributed by atoms with Crippen LogP contribution in [0.5, 0.6) is 11.5 Å². The number of rotatable bonds is 10. The molecule has 3 aromatic carbocycles. The summed E-state index contributed by atoms with van der Waals surface area (Å²) in [5.74, 6) is 1.67. The van der Waals surface area contributed by atoms with Crippen molar-refractivity contribution >= 4 is 23.4 Å². The summed E-state index contributed by atoms with van der Waals surface area (Å²) in [6.07, 6.45) is 1.12. The largest absolute Gasteiger partial charge is 0.497 e. The lowest BCUT2D eigenvalue weighted by Gasteiger charge is -2.16. The Morgan fingerprint density at radius 2 is 1.79 bits per heavy atom. The van der Waals surface area contributed by atoms with Gasteiger partial charge in [-0.2, -0.15) is 5.26 Å². The second-order valence-electron chi connectivity index (χ2n) is 8.89. The average Bonchev–Trinajstić information content (AvgIpc) is 2.97. The monoisotopic (exact) mass is 537 g/mol. The maximum Gasteiger partial charge on any atom is 0.225 e. The molecular weight excluding hydrogens is 506 g/mol. The summed E-state index contributed by atoms with van der Waals surface area (Å²) in [5, 5.41) is 13.9. The highest BCUT2D eigenvalue weighted by Crippen LogP contribution is 2.40. The third-order valence-electron chi connectivity index (χ3n) is 6.44. The van der Waals surface area contributed by atoms with E-state index in [-0.39, 0.29) is 12.3 Å². The summed E-state index contributed by atoms with van der Waals surface area (Å²) >= 11 is 1.40. The molecule has 1 N–H and O–H groups in total. The number of hydrogen-bond donors (Lipinski definition) is 1. The van der Waals surface area contributed by atoms with E-state index in [0.29, 0.717) is 33.4 Å². The molecule has 0 aliphatic heterocycles. The number of nitrogens with one attached hydrogen (secondary N) is 1. The van der Waals surface area contributed by atoms with Gasteiger partial charge in [-0.25, -0.2) is 4.98 Å². The molecule has 198 valence electrons. The number of nitrogens with zero attached hydrogens (tertiary/aromatic N) is 2. The van der Waals surface area contributed by atoms with Crippen LogP contribution in [0.3, 0.4) is 0 Å². The van der Waals surface area contributed by atoms with E-state index in [1.165, 1.54) is 11.8 Å². The highest BCUT2D eigenvalue weighted by Gasteiger charge is 2.20. The molecule has 1 amide bonds. The predicted octanol–water partition coefficient (Wildman–Crippen LogP) is 7.30. The van der Waals surface area contributed by atoms with Gasteiger partial charge in [-0.15, -0.1) is 11.8 Å². The normalized spacial score (nSPS) is 10.5. The maximum atomic E-state index is 12.9. The Morgan fingerprint density at radius 1 is 1.00 bits per heavy atom. The standard InChI is InChI=1S/C32H31N3O3S/c1-5-22-13-9-10-21(2)31(22)35-30(36)16-17-39-32-27(20-33)25(19-28(34-32)23-11-7-6-8-12-23)26-18-24(37-3)14-15-29(26)38-4/h6-15,18-19H,5,16-17H2,1-4H3,(H,35,36). The smallest absolute Gasteiger partial charge is 0.225 e. The third kappa shape index (κ3) is 6.42. The molecule has 0 spiro atoms. The van der Waals surface area contributed by atoms with Gasteiger partial charge in [0, 0.05) is 34.6 Å². The Morgan fingerprint density at radius 3 is 2.49 bits per heavy atom. The predicted molar refractivity (Wildman–Crippen MR) is 157 cm³/mol. The van der Waals surface area contributed by atoms with E-state index in [1.807, 2.05) is 79.7 Å². The molecule has 0 aliphatic rings. The van der Waals surface area contributed by atoms with E-state index in [2.05, 4.69) is 18.3 Å². The quantitative estimate of drug-likeness (QED) is 0.214. The molecule has 4 aromatic rings. The lowest BCUT2D eigenvalue weighted by Crippen LogP contribution is -2.14. The maximum absolute atomic E-state index is 12.9. The van der Waals surface area contributed by atoms with Gasteiger partial charge in [0.1, 0.15) is 22.6 Å². The van der Waals surface area contributed by atoms with E-state index in [4.69, 9.17) is 14.5 Å². The zero-order valence-electron chi connectivity index (χ0n) is 22.6. The molecular formula is C32H31N3O3S. The van der Waals surface area contributed by atoms with E-state index in [9.17, 15) is 10.1 Å². The van der Waals surface area contributed by atoms with Crippen molar-refractivity contribution in [2.45, 2.75) is 31.7 Å². The number of benzene rings is 3. The summed E-state index contributed by atoms with van der Waals surface area (Å²) in [7, 11) is 3.20. The van der Waals surface area contributed by atoms with E-state index >= 15 is 0 Å². The Bertz CT molecular complexity index is 1510. The van der Waals surface area contributed by atoms with Gasteiger partial charge < -0.3 is 14.8 Å². The average molecular weight is 538 g/mol. The first-order chi connectivity index (χ1) is 19.0. The number of aryl methyl sites for hydroxylation is 2.